The Kier molecular flexibility index (Phi) is 3.84. The molecule has 0 aliphatic carbocycles. The van der Waals surface area contributed by atoms with E-state index in [-0.39, 0.29) is 12.7 Å². The average Bonchev–Trinajstić information content (AvgIpc) is 2.15. The van der Waals surface area contributed by atoms with Crippen LogP contribution in [0.1, 0.15) is 47.0 Å². The van der Waals surface area contributed by atoms with Crippen molar-refractivity contribution in [1.29, 1.82) is 0 Å². The number of ether oxygens (including phenoxy) is 1. The molecule has 0 bridgehead atoms. The number of likely N-dealkylation sites (tertiary alicyclic amines) is 1. The second kappa shape index (κ2) is 4.62. The van der Waals surface area contributed by atoms with E-state index < -0.39 is 11.1 Å². The van der Waals surface area contributed by atoms with Gasteiger partial charge in [0.1, 0.15) is 5.60 Å². The van der Waals surface area contributed by atoms with Crippen LogP contribution in [0.3, 0.4) is 0 Å². The van der Waals surface area contributed by atoms with Crippen LogP contribution < -0.4 is 0 Å². The molecule has 1 N–H and O–H groups in total. The number of nitrogens with zero attached hydrogens (tertiary/aromatic N) is 1. The summed E-state index contributed by atoms with van der Waals surface area (Å²) in [4.78, 5) is 13.6. The molecule has 0 saturated carbocycles. The highest BCUT2D eigenvalue weighted by atomic mass is 16.6. The van der Waals surface area contributed by atoms with E-state index in [4.69, 9.17) is 4.74 Å². The Balaban J connectivity index is 2.72. The van der Waals surface area contributed by atoms with Crippen LogP contribution in [-0.4, -0.2) is 40.4 Å². The fourth-order valence-electron chi connectivity index (χ4n) is 1.97. The van der Waals surface area contributed by atoms with E-state index in [1.54, 1.807) is 4.90 Å². The molecule has 16 heavy (non-hydrogen) atoms. The van der Waals surface area contributed by atoms with Crippen molar-refractivity contribution in [3.8, 4) is 0 Å². The number of amides is 1. The van der Waals surface area contributed by atoms with Crippen LogP contribution in [0.25, 0.3) is 0 Å². The molecule has 94 valence electrons. The Labute approximate surface area is 97.6 Å². The Morgan fingerprint density at radius 2 is 2.06 bits per heavy atom. The molecule has 4 nitrogen and oxygen atoms in total. The highest BCUT2D eigenvalue weighted by molar-refractivity contribution is 5.69. The van der Waals surface area contributed by atoms with Gasteiger partial charge in [0.05, 0.1) is 12.1 Å². The van der Waals surface area contributed by atoms with Crippen molar-refractivity contribution in [2.24, 2.45) is 0 Å². The predicted molar refractivity (Wildman–Crippen MR) is 62.3 cm³/mol. The highest BCUT2D eigenvalue weighted by Gasteiger charge is 2.38. The number of hydrogen-bond donors (Lipinski definition) is 1. The number of piperidine rings is 1. The van der Waals surface area contributed by atoms with Crippen LogP contribution >= 0.6 is 0 Å². The number of rotatable bonds is 1. The minimum atomic E-state index is -0.481. The molecule has 1 rings (SSSR count). The van der Waals surface area contributed by atoms with E-state index in [2.05, 4.69) is 0 Å². The Hall–Kier alpha value is -0.770. The molecule has 1 saturated heterocycles. The van der Waals surface area contributed by atoms with Gasteiger partial charge in [-0.15, -0.1) is 0 Å². The van der Waals surface area contributed by atoms with Crippen molar-refractivity contribution in [1.82, 2.24) is 4.90 Å². The summed E-state index contributed by atoms with van der Waals surface area (Å²) in [6.07, 6.45) is 2.55. The number of hydrogen-bond acceptors (Lipinski definition) is 3. The zero-order chi connectivity index (χ0) is 12.4. The number of carbonyl (C=O) groups is 1. The fraction of sp³-hybridized carbons (Fsp3) is 0.917. The summed E-state index contributed by atoms with van der Waals surface area (Å²) < 4.78 is 5.35. The van der Waals surface area contributed by atoms with E-state index in [0.717, 1.165) is 19.3 Å². The zero-order valence-corrected chi connectivity index (χ0v) is 10.7. The van der Waals surface area contributed by atoms with Crippen LogP contribution in [0.5, 0.6) is 0 Å². The maximum absolute atomic E-state index is 12.0. The third kappa shape index (κ3) is 3.11. The smallest absolute Gasteiger partial charge is 0.410 e. The first-order valence-electron chi connectivity index (χ1n) is 5.90. The summed E-state index contributed by atoms with van der Waals surface area (Å²) in [7, 11) is 0. The van der Waals surface area contributed by atoms with Gasteiger partial charge in [-0.25, -0.2) is 4.79 Å². The van der Waals surface area contributed by atoms with Gasteiger partial charge in [-0.2, -0.15) is 0 Å². The largest absolute Gasteiger partial charge is 0.444 e. The normalized spacial score (nSPS) is 26.7. The topological polar surface area (TPSA) is 49.8 Å². The number of aliphatic hydroxyl groups is 1. The lowest BCUT2D eigenvalue weighted by Crippen LogP contribution is -2.56. The van der Waals surface area contributed by atoms with Crippen molar-refractivity contribution in [2.45, 2.75) is 58.1 Å². The van der Waals surface area contributed by atoms with Crippen LogP contribution in [0, 0.1) is 0 Å². The van der Waals surface area contributed by atoms with Gasteiger partial charge >= 0.3 is 6.09 Å². The lowest BCUT2D eigenvalue weighted by Gasteiger charge is -2.43. The second-order valence-electron chi connectivity index (χ2n) is 5.74. The molecule has 0 aromatic heterocycles. The molecule has 0 spiro atoms. The standard InChI is InChI=1S/C12H23NO3/c1-11(2,3)16-10(15)13-8-6-5-7-12(13,4)9-14/h14H,5-9H2,1-4H3. The average molecular weight is 229 g/mol. The summed E-state index contributed by atoms with van der Waals surface area (Å²) in [5, 5.41) is 9.42. The monoisotopic (exact) mass is 229 g/mol. The molecule has 1 atom stereocenters. The molecule has 1 aliphatic rings. The molecule has 1 aliphatic heterocycles. The molecule has 1 unspecified atom stereocenters. The van der Waals surface area contributed by atoms with Gasteiger partial charge in [0.25, 0.3) is 0 Å². The van der Waals surface area contributed by atoms with Crippen molar-refractivity contribution in [3.63, 3.8) is 0 Å². The van der Waals surface area contributed by atoms with Crippen LogP contribution in [0.15, 0.2) is 0 Å². The molecular formula is C12H23NO3. The van der Waals surface area contributed by atoms with Crippen molar-refractivity contribution < 1.29 is 14.6 Å². The van der Waals surface area contributed by atoms with E-state index in [9.17, 15) is 9.90 Å². The predicted octanol–water partition coefficient (Wildman–Crippen LogP) is 2.16. The van der Waals surface area contributed by atoms with E-state index >= 15 is 0 Å². The first kappa shape index (κ1) is 13.3. The van der Waals surface area contributed by atoms with Gasteiger partial charge in [0.2, 0.25) is 0 Å². The minimum absolute atomic E-state index is 0.00770. The second-order valence-corrected chi connectivity index (χ2v) is 5.74. The Morgan fingerprint density at radius 3 is 2.56 bits per heavy atom. The summed E-state index contributed by atoms with van der Waals surface area (Å²) in [6.45, 7) is 8.13. The molecule has 4 heteroatoms. The molecular weight excluding hydrogens is 206 g/mol. The first-order valence-corrected chi connectivity index (χ1v) is 5.90. The van der Waals surface area contributed by atoms with Crippen LogP contribution in [0.4, 0.5) is 4.79 Å². The van der Waals surface area contributed by atoms with Gasteiger partial charge in [0, 0.05) is 6.54 Å². The van der Waals surface area contributed by atoms with Gasteiger partial charge in [-0.1, -0.05) is 0 Å². The number of aliphatic hydroxyl groups excluding tert-OH is 1. The molecule has 0 aromatic carbocycles. The van der Waals surface area contributed by atoms with Crippen LogP contribution in [-0.2, 0) is 4.74 Å². The highest BCUT2D eigenvalue weighted by Crippen LogP contribution is 2.28. The summed E-state index contributed by atoms with van der Waals surface area (Å²) in [6, 6.07) is 0. The van der Waals surface area contributed by atoms with Gasteiger partial charge in [-0.3, -0.25) is 0 Å². The maximum atomic E-state index is 12.0. The number of carbonyl (C=O) groups excluding carboxylic acids is 1. The maximum Gasteiger partial charge on any atom is 0.410 e. The van der Waals surface area contributed by atoms with Gasteiger partial charge in [-0.05, 0) is 47.0 Å². The molecule has 0 aromatic rings. The van der Waals surface area contributed by atoms with Gasteiger partial charge < -0.3 is 14.7 Å². The third-order valence-corrected chi connectivity index (χ3v) is 2.95. The summed E-state index contributed by atoms with van der Waals surface area (Å²) in [5.74, 6) is 0. The molecule has 0 radical (unpaired) electrons. The van der Waals surface area contributed by atoms with E-state index in [1.807, 2.05) is 27.7 Å². The molecule has 1 amide bonds. The van der Waals surface area contributed by atoms with Crippen LogP contribution in [0.2, 0.25) is 0 Å². The summed E-state index contributed by atoms with van der Waals surface area (Å²) in [5.41, 5.74) is -0.939. The minimum Gasteiger partial charge on any atom is -0.444 e. The Bertz CT molecular complexity index is 259. The lowest BCUT2D eigenvalue weighted by atomic mass is 9.90. The molecule has 1 fully saturated rings. The van der Waals surface area contributed by atoms with Crippen molar-refractivity contribution in [3.05, 3.63) is 0 Å². The summed E-state index contributed by atoms with van der Waals surface area (Å²) >= 11 is 0. The van der Waals surface area contributed by atoms with E-state index in [0.29, 0.717) is 6.54 Å². The lowest BCUT2D eigenvalue weighted by molar-refractivity contribution is -0.0270. The van der Waals surface area contributed by atoms with Gasteiger partial charge in [0.15, 0.2) is 0 Å². The molecule has 1 heterocycles. The first-order chi connectivity index (χ1) is 7.28. The quantitative estimate of drug-likeness (QED) is 0.749. The third-order valence-electron chi connectivity index (χ3n) is 2.95. The van der Waals surface area contributed by atoms with Crippen molar-refractivity contribution in [2.75, 3.05) is 13.2 Å². The Morgan fingerprint density at radius 1 is 1.44 bits per heavy atom. The zero-order valence-electron chi connectivity index (χ0n) is 10.7. The SMILES string of the molecule is CC(C)(C)OC(=O)N1CCCCC1(C)CO. The van der Waals surface area contributed by atoms with Crippen molar-refractivity contribution >= 4 is 6.09 Å². The van der Waals surface area contributed by atoms with E-state index in [1.165, 1.54) is 0 Å². The fourth-order valence-corrected chi connectivity index (χ4v) is 1.97.